The van der Waals surface area contributed by atoms with E-state index in [4.69, 9.17) is 16.0 Å². The first-order valence-electron chi connectivity index (χ1n) is 6.89. The topological polar surface area (TPSA) is 89.2 Å². The van der Waals surface area contributed by atoms with E-state index in [0.717, 1.165) is 5.52 Å². The van der Waals surface area contributed by atoms with Gasteiger partial charge in [-0.1, -0.05) is 11.6 Å². The van der Waals surface area contributed by atoms with Gasteiger partial charge in [-0.3, -0.25) is 14.9 Å². The summed E-state index contributed by atoms with van der Waals surface area (Å²) in [6, 6.07) is 8.38. The fraction of sp³-hybridized carbons (Fsp3) is 0.133. The molecule has 0 aliphatic carbocycles. The number of aryl methyl sites for hydroxylation is 1. The van der Waals surface area contributed by atoms with E-state index >= 15 is 0 Å². The maximum Gasteiger partial charge on any atom is 0.287 e. The third-order valence-electron chi connectivity index (χ3n) is 3.30. The van der Waals surface area contributed by atoms with Crippen LogP contribution in [0.3, 0.4) is 0 Å². The quantitative estimate of drug-likeness (QED) is 0.691. The first-order valence-corrected chi connectivity index (χ1v) is 8.06. The second-order valence-corrected chi connectivity index (χ2v) is 6.18. The molecule has 1 aromatic carbocycles. The molecule has 0 radical (unpaired) electrons. The number of nitrogens with one attached hydrogen (secondary N) is 2. The third kappa shape index (κ3) is 3.44. The molecule has 0 spiro atoms. The Balaban J connectivity index is 1.65. The van der Waals surface area contributed by atoms with Crippen molar-refractivity contribution in [1.29, 1.82) is 0 Å². The summed E-state index contributed by atoms with van der Waals surface area (Å²) in [5, 5.41) is 5.68. The summed E-state index contributed by atoms with van der Waals surface area (Å²) in [5.74, 6) is -0.398. The Labute approximate surface area is 150 Å². The molecule has 0 unspecified atom stereocenters. The molecule has 9 heteroatoms. The minimum atomic E-state index is -0.479. The normalized spacial score (nSPS) is 10.8. The smallest absolute Gasteiger partial charge is 0.287 e. The van der Waals surface area contributed by atoms with Gasteiger partial charge in [0.15, 0.2) is 10.4 Å². The third-order valence-corrected chi connectivity index (χ3v) is 3.96. The summed E-state index contributed by atoms with van der Waals surface area (Å²) in [4.78, 5) is 28.1. The summed E-state index contributed by atoms with van der Waals surface area (Å²) in [6.45, 7) is -0.207. The van der Waals surface area contributed by atoms with E-state index in [1.165, 1.54) is 6.07 Å². The van der Waals surface area contributed by atoms with Gasteiger partial charge in [-0.05, 0) is 46.3 Å². The summed E-state index contributed by atoms with van der Waals surface area (Å²) in [6.07, 6.45) is 0. The molecule has 0 aliphatic rings. The van der Waals surface area contributed by atoms with E-state index in [1.54, 1.807) is 29.8 Å². The number of imidazole rings is 1. The Bertz CT molecular complexity index is 934. The lowest BCUT2D eigenvalue weighted by Gasteiger charge is -2.06. The van der Waals surface area contributed by atoms with Crippen LogP contribution in [-0.2, 0) is 11.8 Å². The van der Waals surface area contributed by atoms with Gasteiger partial charge in [0, 0.05) is 12.1 Å². The molecule has 2 amide bonds. The van der Waals surface area contributed by atoms with E-state index in [2.05, 4.69) is 31.5 Å². The summed E-state index contributed by atoms with van der Waals surface area (Å²) in [7, 11) is 1.78. The van der Waals surface area contributed by atoms with Crippen molar-refractivity contribution in [2.75, 3.05) is 11.9 Å². The van der Waals surface area contributed by atoms with E-state index in [9.17, 15) is 9.59 Å². The lowest BCUT2D eigenvalue weighted by molar-refractivity contribution is -0.115. The van der Waals surface area contributed by atoms with Crippen molar-refractivity contribution in [3.05, 3.63) is 45.8 Å². The molecule has 2 heterocycles. The lowest BCUT2D eigenvalue weighted by atomic mass is 10.3. The van der Waals surface area contributed by atoms with Crippen molar-refractivity contribution in [3.63, 3.8) is 0 Å². The SMILES string of the molecule is Cn1c(NC(=O)CNC(=O)c2ccc(Br)o2)nc2cc(Cl)ccc21. The number of nitrogens with zero attached hydrogens (tertiary/aromatic N) is 2. The molecule has 0 aliphatic heterocycles. The Kier molecular flexibility index (Phi) is 4.59. The van der Waals surface area contributed by atoms with Gasteiger partial charge in [0.05, 0.1) is 17.6 Å². The molecule has 7 nitrogen and oxygen atoms in total. The number of furan rings is 1. The molecular formula is C15H12BrClN4O3. The van der Waals surface area contributed by atoms with Crippen molar-refractivity contribution in [3.8, 4) is 0 Å². The van der Waals surface area contributed by atoms with Gasteiger partial charge in [0.2, 0.25) is 11.9 Å². The number of carbonyl (C=O) groups is 2. The van der Waals surface area contributed by atoms with Gasteiger partial charge in [0.25, 0.3) is 5.91 Å². The van der Waals surface area contributed by atoms with Crippen molar-refractivity contribution < 1.29 is 14.0 Å². The van der Waals surface area contributed by atoms with Gasteiger partial charge in [0.1, 0.15) is 0 Å². The fourth-order valence-corrected chi connectivity index (χ4v) is 2.61. The van der Waals surface area contributed by atoms with Crippen LogP contribution in [0.5, 0.6) is 0 Å². The standard InChI is InChI=1S/C15H12BrClN4O3/c1-21-10-3-2-8(17)6-9(10)19-15(21)20-13(22)7-18-14(23)11-4-5-12(16)24-11/h2-6H,7H2,1H3,(H,18,23)(H,19,20,22). The van der Waals surface area contributed by atoms with Crippen molar-refractivity contribution in [2.24, 2.45) is 7.05 Å². The van der Waals surface area contributed by atoms with Crippen molar-refractivity contribution in [2.45, 2.75) is 0 Å². The summed E-state index contributed by atoms with van der Waals surface area (Å²) in [5.41, 5.74) is 1.50. The van der Waals surface area contributed by atoms with Crippen molar-refractivity contribution >= 4 is 56.3 Å². The second kappa shape index (κ2) is 6.66. The van der Waals surface area contributed by atoms with Crippen LogP contribution in [0, 0.1) is 0 Å². The van der Waals surface area contributed by atoms with Gasteiger partial charge < -0.3 is 14.3 Å². The first-order chi connectivity index (χ1) is 11.4. The van der Waals surface area contributed by atoms with Crippen LogP contribution in [0.2, 0.25) is 5.02 Å². The number of benzene rings is 1. The minimum Gasteiger partial charge on any atom is -0.444 e. The zero-order chi connectivity index (χ0) is 17.3. The van der Waals surface area contributed by atoms with E-state index in [1.807, 2.05) is 6.07 Å². The van der Waals surface area contributed by atoms with Gasteiger partial charge in [-0.2, -0.15) is 0 Å². The lowest BCUT2D eigenvalue weighted by Crippen LogP contribution is -2.33. The molecule has 124 valence electrons. The van der Waals surface area contributed by atoms with Gasteiger partial charge >= 0.3 is 0 Å². The highest BCUT2D eigenvalue weighted by Gasteiger charge is 2.14. The molecule has 0 saturated heterocycles. The Morgan fingerprint density at radius 2 is 2.12 bits per heavy atom. The van der Waals surface area contributed by atoms with E-state index in [-0.39, 0.29) is 12.3 Å². The van der Waals surface area contributed by atoms with Crippen LogP contribution >= 0.6 is 27.5 Å². The zero-order valence-electron chi connectivity index (χ0n) is 12.5. The summed E-state index contributed by atoms with van der Waals surface area (Å²) >= 11 is 9.04. The number of rotatable bonds is 4. The van der Waals surface area contributed by atoms with Crippen LogP contribution < -0.4 is 10.6 Å². The molecule has 0 atom stereocenters. The number of halogens is 2. The molecule has 0 fully saturated rings. The van der Waals surface area contributed by atoms with Crippen molar-refractivity contribution in [1.82, 2.24) is 14.9 Å². The van der Waals surface area contributed by atoms with E-state index in [0.29, 0.717) is 21.2 Å². The predicted octanol–water partition coefficient (Wildman–Crippen LogP) is 2.95. The van der Waals surface area contributed by atoms with Crippen LogP contribution in [0.25, 0.3) is 11.0 Å². The molecule has 0 saturated carbocycles. The number of anilines is 1. The Morgan fingerprint density at radius 1 is 1.33 bits per heavy atom. The second-order valence-electron chi connectivity index (χ2n) is 4.96. The average Bonchev–Trinajstić information content (AvgIpc) is 3.09. The fourth-order valence-electron chi connectivity index (χ4n) is 2.14. The zero-order valence-corrected chi connectivity index (χ0v) is 14.8. The predicted molar refractivity (Wildman–Crippen MR) is 93.1 cm³/mol. The number of fused-ring (bicyclic) bond motifs is 1. The number of hydrogen-bond donors (Lipinski definition) is 2. The van der Waals surface area contributed by atoms with Crippen LogP contribution in [0.4, 0.5) is 5.95 Å². The number of aromatic nitrogens is 2. The molecule has 2 N–H and O–H groups in total. The molecule has 2 aromatic heterocycles. The first kappa shape index (κ1) is 16.5. The maximum absolute atomic E-state index is 12.0. The molecule has 0 bridgehead atoms. The highest BCUT2D eigenvalue weighted by atomic mass is 79.9. The van der Waals surface area contributed by atoms with Crippen LogP contribution in [-0.4, -0.2) is 27.9 Å². The molecule has 3 rings (SSSR count). The van der Waals surface area contributed by atoms with Gasteiger partial charge in [-0.25, -0.2) is 4.98 Å². The Hall–Kier alpha value is -2.32. The number of hydrogen-bond acceptors (Lipinski definition) is 4. The highest BCUT2D eigenvalue weighted by Crippen LogP contribution is 2.21. The van der Waals surface area contributed by atoms with Crippen LogP contribution in [0.15, 0.2) is 39.4 Å². The summed E-state index contributed by atoms with van der Waals surface area (Å²) < 4.78 is 7.28. The minimum absolute atomic E-state index is 0.118. The monoisotopic (exact) mass is 410 g/mol. The number of amides is 2. The molecule has 3 aromatic rings. The molecule has 24 heavy (non-hydrogen) atoms. The molecular weight excluding hydrogens is 400 g/mol. The largest absolute Gasteiger partial charge is 0.444 e. The average molecular weight is 412 g/mol. The Morgan fingerprint density at radius 3 is 2.83 bits per heavy atom. The van der Waals surface area contributed by atoms with Crippen LogP contribution in [0.1, 0.15) is 10.6 Å². The number of carbonyl (C=O) groups excluding carboxylic acids is 2. The van der Waals surface area contributed by atoms with E-state index < -0.39 is 11.8 Å². The maximum atomic E-state index is 12.0. The highest BCUT2D eigenvalue weighted by molar-refractivity contribution is 9.10. The van der Waals surface area contributed by atoms with Gasteiger partial charge in [-0.15, -0.1) is 0 Å².